The Kier molecular flexibility index (Phi) is 8.24. The highest BCUT2D eigenvalue weighted by Gasteiger charge is 2.34. The molecule has 2 rings (SSSR count). The molecule has 8 nitrogen and oxygen atoms in total. The highest BCUT2D eigenvalue weighted by molar-refractivity contribution is 5.86. The van der Waals surface area contributed by atoms with Crippen LogP contribution in [0.5, 0.6) is 0 Å². The summed E-state index contributed by atoms with van der Waals surface area (Å²) in [6, 6.07) is -0.441. The fourth-order valence-corrected chi connectivity index (χ4v) is 3.76. The minimum atomic E-state index is -0.441. The van der Waals surface area contributed by atoms with E-state index in [1.807, 2.05) is 20.8 Å². The first-order chi connectivity index (χ1) is 13.2. The smallest absolute Gasteiger partial charge is 0.328 e. The number of hydrogen-bond acceptors (Lipinski definition) is 6. The molecule has 0 aromatic heterocycles. The SMILES string of the molecule is CCOC(=O)[C@H]1CCCCN1C(=O)CN1CCN(CC(=O)NC(C)(C)C)CC1. The maximum absolute atomic E-state index is 12.8. The number of ether oxygens (including phenoxy) is 1. The first-order valence-electron chi connectivity index (χ1n) is 10.4. The average molecular weight is 397 g/mol. The van der Waals surface area contributed by atoms with Crippen LogP contribution < -0.4 is 5.32 Å². The molecule has 0 aromatic carbocycles. The summed E-state index contributed by atoms with van der Waals surface area (Å²) >= 11 is 0. The highest BCUT2D eigenvalue weighted by Crippen LogP contribution is 2.19. The second kappa shape index (κ2) is 10.2. The predicted molar refractivity (Wildman–Crippen MR) is 107 cm³/mol. The van der Waals surface area contributed by atoms with E-state index in [1.54, 1.807) is 11.8 Å². The molecule has 28 heavy (non-hydrogen) atoms. The van der Waals surface area contributed by atoms with Crippen LogP contribution in [0.4, 0.5) is 0 Å². The second-order valence-electron chi connectivity index (χ2n) is 8.70. The van der Waals surface area contributed by atoms with Crippen LogP contribution in [0.1, 0.15) is 47.0 Å². The fourth-order valence-electron chi connectivity index (χ4n) is 3.76. The van der Waals surface area contributed by atoms with Gasteiger partial charge in [0.2, 0.25) is 11.8 Å². The van der Waals surface area contributed by atoms with Gasteiger partial charge < -0.3 is 15.0 Å². The highest BCUT2D eigenvalue weighted by atomic mass is 16.5. The van der Waals surface area contributed by atoms with Gasteiger partial charge in [0.05, 0.1) is 19.7 Å². The third-order valence-corrected chi connectivity index (χ3v) is 5.09. The van der Waals surface area contributed by atoms with Crippen molar-refractivity contribution in [1.29, 1.82) is 0 Å². The minimum absolute atomic E-state index is 0.00308. The third kappa shape index (κ3) is 7.05. The monoisotopic (exact) mass is 396 g/mol. The van der Waals surface area contributed by atoms with Crippen molar-refractivity contribution in [3.63, 3.8) is 0 Å². The van der Waals surface area contributed by atoms with Crippen molar-refractivity contribution in [1.82, 2.24) is 20.0 Å². The van der Waals surface area contributed by atoms with Gasteiger partial charge >= 0.3 is 5.97 Å². The summed E-state index contributed by atoms with van der Waals surface area (Å²) in [6.07, 6.45) is 2.56. The Morgan fingerprint density at radius 2 is 1.57 bits per heavy atom. The molecule has 2 fully saturated rings. The van der Waals surface area contributed by atoms with Crippen LogP contribution in [0.2, 0.25) is 0 Å². The van der Waals surface area contributed by atoms with Gasteiger partial charge in [0, 0.05) is 38.3 Å². The van der Waals surface area contributed by atoms with Crippen LogP contribution in [0.25, 0.3) is 0 Å². The third-order valence-electron chi connectivity index (χ3n) is 5.09. The summed E-state index contributed by atoms with van der Waals surface area (Å²) in [5.74, 6) is -0.260. The lowest BCUT2D eigenvalue weighted by Crippen LogP contribution is -2.55. The van der Waals surface area contributed by atoms with E-state index in [0.29, 0.717) is 32.7 Å². The number of likely N-dealkylation sites (tertiary alicyclic amines) is 1. The van der Waals surface area contributed by atoms with Crippen molar-refractivity contribution in [2.45, 2.75) is 58.5 Å². The zero-order chi connectivity index (χ0) is 20.7. The Balaban J connectivity index is 1.79. The van der Waals surface area contributed by atoms with Crippen LogP contribution in [0.15, 0.2) is 0 Å². The maximum Gasteiger partial charge on any atom is 0.328 e. The molecule has 0 saturated carbocycles. The van der Waals surface area contributed by atoms with Crippen molar-refractivity contribution in [3.8, 4) is 0 Å². The van der Waals surface area contributed by atoms with Gasteiger partial charge in [0.25, 0.3) is 0 Å². The molecule has 1 N–H and O–H groups in total. The molecule has 0 unspecified atom stereocenters. The van der Waals surface area contributed by atoms with Crippen LogP contribution >= 0.6 is 0 Å². The number of amides is 2. The van der Waals surface area contributed by atoms with Gasteiger partial charge in [-0.15, -0.1) is 0 Å². The number of esters is 1. The number of carbonyl (C=O) groups excluding carboxylic acids is 3. The molecule has 0 radical (unpaired) electrons. The summed E-state index contributed by atoms with van der Waals surface area (Å²) in [7, 11) is 0. The Morgan fingerprint density at radius 3 is 2.14 bits per heavy atom. The zero-order valence-electron chi connectivity index (χ0n) is 17.8. The molecule has 2 heterocycles. The van der Waals surface area contributed by atoms with Gasteiger partial charge in [-0.25, -0.2) is 4.79 Å². The molecule has 8 heteroatoms. The standard InChI is InChI=1S/C20H36N4O4/c1-5-28-19(27)16-8-6-7-9-24(16)18(26)15-23-12-10-22(11-13-23)14-17(25)21-20(2,3)4/h16H,5-15H2,1-4H3,(H,21,25)/t16-/m1/s1. The summed E-state index contributed by atoms with van der Waals surface area (Å²) < 4.78 is 5.15. The summed E-state index contributed by atoms with van der Waals surface area (Å²) in [5.41, 5.74) is -0.227. The van der Waals surface area contributed by atoms with Gasteiger partial charge in [0.1, 0.15) is 6.04 Å². The van der Waals surface area contributed by atoms with Gasteiger partial charge in [-0.05, 0) is 47.0 Å². The molecule has 0 spiro atoms. The Hall–Kier alpha value is -1.67. The van der Waals surface area contributed by atoms with E-state index in [4.69, 9.17) is 4.74 Å². The van der Waals surface area contributed by atoms with E-state index in [-0.39, 0.29) is 23.3 Å². The van der Waals surface area contributed by atoms with Gasteiger partial charge in [-0.2, -0.15) is 0 Å². The number of nitrogens with one attached hydrogen (secondary N) is 1. The molecule has 0 aliphatic carbocycles. The summed E-state index contributed by atoms with van der Waals surface area (Å²) in [5, 5.41) is 2.98. The molecular weight excluding hydrogens is 360 g/mol. The number of piperazine rings is 1. The first kappa shape index (κ1) is 22.6. The van der Waals surface area contributed by atoms with Gasteiger partial charge in [0.15, 0.2) is 0 Å². The minimum Gasteiger partial charge on any atom is -0.464 e. The fraction of sp³-hybridized carbons (Fsp3) is 0.850. The van der Waals surface area contributed by atoms with Crippen LogP contribution in [-0.4, -0.2) is 96.5 Å². The lowest BCUT2D eigenvalue weighted by molar-refractivity contribution is -0.157. The van der Waals surface area contributed by atoms with Crippen molar-refractivity contribution < 1.29 is 19.1 Å². The van der Waals surface area contributed by atoms with Crippen molar-refractivity contribution in [2.75, 3.05) is 52.4 Å². The molecule has 1 atom stereocenters. The quantitative estimate of drug-likeness (QED) is 0.657. The van der Waals surface area contributed by atoms with Crippen LogP contribution in [-0.2, 0) is 19.1 Å². The van der Waals surface area contributed by atoms with E-state index >= 15 is 0 Å². The van der Waals surface area contributed by atoms with E-state index in [9.17, 15) is 14.4 Å². The van der Waals surface area contributed by atoms with Gasteiger partial charge in [-0.3, -0.25) is 19.4 Å². The number of carbonyl (C=O) groups is 3. The number of nitrogens with zero attached hydrogens (tertiary/aromatic N) is 3. The van der Waals surface area contributed by atoms with Crippen LogP contribution in [0, 0.1) is 0 Å². The molecule has 2 amide bonds. The summed E-state index contributed by atoms with van der Waals surface area (Å²) in [4.78, 5) is 43.0. The lowest BCUT2D eigenvalue weighted by atomic mass is 10.0. The maximum atomic E-state index is 12.8. The van der Waals surface area contributed by atoms with Crippen LogP contribution in [0.3, 0.4) is 0 Å². The Morgan fingerprint density at radius 1 is 0.964 bits per heavy atom. The zero-order valence-corrected chi connectivity index (χ0v) is 17.8. The van der Waals surface area contributed by atoms with E-state index in [2.05, 4.69) is 15.1 Å². The summed E-state index contributed by atoms with van der Waals surface area (Å²) in [6.45, 7) is 12.4. The Labute approximate surface area is 168 Å². The Bertz CT molecular complexity index is 553. The molecule has 0 bridgehead atoms. The lowest BCUT2D eigenvalue weighted by Gasteiger charge is -2.38. The molecule has 2 aliphatic rings. The molecule has 2 aliphatic heterocycles. The van der Waals surface area contributed by atoms with E-state index in [0.717, 1.165) is 39.0 Å². The molecular formula is C20H36N4O4. The molecule has 160 valence electrons. The number of hydrogen-bond donors (Lipinski definition) is 1. The molecule has 0 aromatic rings. The topological polar surface area (TPSA) is 82.2 Å². The largest absolute Gasteiger partial charge is 0.464 e. The van der Waals surface area contributed by atoms with E-state index < -0.39 is 6.04 Å². The number of piperidine rings is 1. The average Bonchev–Trinajstić information content (AvgIpc) is 2.62. The van der Waals surface area contributed by atoms with Crippen molar-refractivity contribution >= 4 is 17.8 Å². The molecule has 2 saturated heterocycles. The first-order valence-corrected chi connectivity index (χ1v) is 10.4. The normalized spacial score (nSPS) is 22.0. The predicted octanol–water partition coefficient (Wildman–Crippen LogP) is 0.463. The number of rotatable bonds is 6. The van der Waals surface area contributed by atoms with Crippen molar-refractivity contribution in [3.05, 3.63) is 0 Å². The second-order valence-corrected chi connectivity index (χ2v) is 8.70. The van der Waals surface area contributed by atoms with Gasteiger partial charge in [-0.1, -0.05) is 0 Å². The van der Waals surface area contributed by atoms with Crippen molar-refractivity contribution in [2.24, 2.45) is 0 Å². The van der Waals surface area contributed by atoms with E-state index in [1.165, 1.54) is 0 Å².